The summed E-state index contributed by atoms with van der Waals surface area (Å²) in [6.07, 6.45) is 0. The van der Waals surface area contributed by atoms with E-state index in [1.54, 1.807) is 0 Å². The van der Waals surface area contributed by atoms with Gasteiger partial charge in [0.05, 0.1) is 11.4 Å². The molecule has 0 saturated carbocycles. The van der Waals surface area contributed by atoms with Crippen molar-refractivity contribution in [2.24, 2.45) is 10.2 Å². The molecule has 0 radical (unpaired) electrons. The van der Waals surface area contributed by atoms with Gasteiger partial charge in [-0.2, -0.15) is 10.2 Å². The zero-order chi connectivity index (χ0) is 14.5. The molecule has 0 atom stereocenters. The standard InChI is InChI=1S/C17H21N3/c1-13(2)14-5-7-15(8-6-14)18-19-16-9-11-17(12-10-16)20(3)4/h5-13H,1-4H3/b19-18+. The van der Waals surface area contributed by atoms with Gasteiger partial charge in [-0.15, -0.1) is 0 Å². The fourth-order valence-corrected chi connectivity index (χ4v) is 1.86. The molecular weight excluding hydrogens is 246 g/mol. The lowest BCUT2D eigenvalue weighted by atomic mass is 10.0. The number of nitrogens with zero attached hydrogens (tertiary/aromatic N) is 3. The first kappa shape index (κ1) is 14.3. The lowest BCUT2D eigenvalue weighted by Gasteiger charge is -2.11. The van der Waals surface area contributed by atoms with Gasteiger partial charge in [0.25, 0.3) is 0 Å². The molecular formula is C17H21N3. The van der Waals surface area contributed by atoms with E-state index < -0.39 is 0 Å². The summed E-state index contributed by atoms with van der Waals surface area (Å²) in [5, 5.41) is 8.52. The molecule has 0 aliphatic rings. The Morgan fingerprint density at radius 1 is 0.750 bits per heavy atom. The Labute approximate surface area is 121 Å². The highest BCUT2D eigenvalue weighted by atomic mass is 15.1. The number of anilines is 1. The SMILES string of the molecule is CC(C)c1ccc(/N=N/c2ccc(N(C)C)cc2)cc1. The van der Waals surface area contributed by atoms with Crippen LogP contribution in [0.2, 0.25) is 0 Å². The molecule has 0 aromatic heterocycles. The molecule has 3 nitrogen and oxygen atoms in total. The Balaban J connectivity index is 2.08. The first-order valence-corrected chi connectivity index (χ1v) is 6.85. The van der Waals surface area contributed by atoms with Crippen LogP contribution in [-0.2, 0) is 0 Å². The van der Waals surface area contributed by atoms with E-state index in [1.165, 1.54) is 5.56 Å². The zero-order valence-corrected chi connectivity index (χ0v) is 12.5. The number of benzene rings is 2. The third-order valence-electron chi connectivity index (χ3n) is 3.21. The van der Waals surface area contributed by atoms with Crippen molar-refractivity contribution in [1.29, 1.82) is 0 Å². The van der Waals surface area contributed by atoms with Crippen LogP contribution in [0.25, 0.3) is 0 Å². The Kier molecular flexibility index (Phi) is 4.51. The summed E-state index contributed by atoms with van der Waals surface area (Å²) < 4.78 is 0. The van der Waals surface area contributed by atoms with Crippen LogP contribution < -0.4 is 4.90 Å². The predicted molar refractivity (Wildman–Crippen MR) is 85.5 cm³/mol. The van der Waals surface area contributed by atoms with Crippen molar-refractivity contribution in [1.82, 2.24) is 0 Å². The Morgan fingerprint density at radius 3 is 1.60 bits per heavy atom. The quantitative estimate of drug-likeness (QED) is 0.691. The molecule has 2 rings (SSSR count). The molecule has 0 spiro atoms. The van der Waals surface area contributed by atoms with E-state index in [9.17, 15) is 0 Å². The summed E-state index contributed by atoms with van der Waals surface area (Å²) >= 11 is 0. The molecule has 0 unspecified atom stereocenters. The van der Waals surface area contributed by atoms with E-state index in [1.807, 2.05) is 50.5 Å². The average Bonchev–Trinajstić information content (AvgIpc) is 2.46. The molecule has 2 aromatic rings. The minimum absolute atomic E-state index is 0.541. The molecule has 0 aliphatic heterocycles. The number of rotatable bonds is 4. The summed E-state index contributed by atoms with van der Waals surface area (Å²) in [5.41, 5.74) is 4.22. The molecule has 0 N–H and O–H groups in total. The van der Waals surface area contributed by atoms with E-state index in [0.29, 0.717) is 5.92 Å². The van der Waals surface area contributed by atoms with Crippen molar-refractivity contribution in [3.05, 3.63) is 54.1 Å². The van der Waals surface area contributed by atoms with Crippen LogP contribution in [0.5, 0.6) is 0 Å². The fourth-order valence-electron chi connectivity index (χ4n) is 1.86. The minimum Gasteiger partial charge on any atom is -0.378 e. The molecule has 3 heteroatoms. The highest BCUT2D eigenvalue weighted by Gasteiger charge is 1.98. The molecule has 0 bridgehead atoms. The van der Waals surface area contributed by atoms with Crippen LogP contribution in [-0.4, -0.2) is 14.1 Å². The van der Waals surface area contributed by atoms with Crippen LogP contribution in [0.15, 0.2) is 58.8 Å². The second kappa shape index (κ2) is 6.33. The van der Waals surface area contributed by atoms with E-state index in [-0.39, 0.29) is 0 Å². The van der Waals surface area contributed by atoms with Crippen molar-refractivity contribution in [3.63, 3.8) is 0 Å². The Bertz CT molecular complexity index is 513. The largest absolute Gasteiger partial charge is 0.378 e. The molecule has 0 saturated heterocycles. The van der Waals surface area contributed by atoms with Gasteiger partial charge in [-0.1, -0.05) is 26.0 Å². The number of azo groups is 1. The molecule has 0 aliphatic carbocycles. The summed E-state index contributed by atoms with van der Waals surface area (Å²) in [4.78, 5) is 2.06. The van der Waals surface area contributed by atoms with Gasteiger partial charge in [-0.05, 0) is 47.9 Å². The monoisotopic (exact) mass is 267 g/mol. The smallest absolute Gasteiger partial charge is 0.0858 e. The maximum atomic E-state index is 4.26. The highest BCUT2D eigenvalue weighted by molar-refractivity contribution is 5.52. The highest BCUT2D eigenvalue weighted by Crippen LogP contribution is 2.23. The second-order valence-corrected chi connectivity index (χ2v) is 5.36. The van der Waals surface area contributed by atoms with Crippen molar-refractivity contribution in [2.75, 3.05) is 19.0 Å². The van der Waals surface area contributed by atoms with Crippen LogP contribution in [0.3, 0.4) is 0 Å². The van der Waals surface area contributed by atoms with E-state index >= 15 is 0 Å². The van der Waals surface area contributed by atoms with Crippen molar-refractivity contribution < 1.29 is 0 Å². The Morgan fingerprint density at radius 2 is 1.20 bits per heavy atom. The molecule has 104 valence electrons. The van der Waals surface area contributed by atoms with Gasteiger partial charge in [0.15, 0.2) is 0 Å². The first-order valence-electron chi connectivity index (χ1n) is 6.85. The maximum Gasteiger partial charge on any atom is 0.0858 e. The van der Waals surface area contributed by atoms with Crippen molar-refractivity contribution >= 4 is 17.1 Å². The van der Waals surface area contributed by atoms with Gasteiger partial charge >= 0.3 is 0 Å². The van der Waals surface area contributed by atoms with Gasteiger partial charge in [-0.25, -0.2) is 0 Å². The van der Waals surface area contributed by atoms with Crippen LogP contribution in [0.1, 0.15) is 25.3 Å². The van der Waals surface area contributed by atoms with Crippen molar-refractivity contribution in [2.45, 2.75) is 19.8 Å². The van der Waals surface area contributed by atoms with Gasteiger partial charge < -0.3 is 4.90 Å². The van der Waals surface area contributed by atoms with Gasteiger partial charge in [0.1, 0.15) is 0 Å². The zero-order valence-electron chi connectivity index (χ0n) is 12.5. The lowest BCUT2D eigenvalue weighted by molar-refractivity contribution is 0.866. The summed E-state index contributed by atoms with van der Waals surface area (Å²) in [6.45, 7) is 4.37. The van der Waals surface area contributed by atoms with Crippen LogP contribution in [0, 0.1) is 0 Å². The third kappa shape index (κ3) is 3.67. The van der Waals surface area contributed by atoms with Gasteiger partial charge in [0, 0.05) is 19.8 Å². The minimum atomic E-state index is 0.541. The summed E-state index contributed by atoms with van der Waals surface area (Å²) in [6, 6.07) is 16.2. The normalized spacial score (nSPS) is 11.2. The fraction of sp³-hybridized carbons (Fsp3) is 0.294. The molecule has 20 heavy (non-hydrogen) atoms. The first-order chi connectivity index (χ1) is 9.56. The summed E-state index contributed by atoms with van der Waals surface area (Å²) in [7, 11) is 4.04. The molecule has 0 fully saturated rings. The summed E-state index contributed by atoms with van der Waals surface area (Å²) in [5.74, 6) is 0.541. The van der Waals surface area contributed by atoms with Crippen LogP contribution >= 0.6 is 0 Å². The van der Waals surface area contributed by atoms with Gasteiger partial charge in [-0.3, -0.25) is 0 Å². The third-order valence-corrected chi connectivity index (χ3v) is 3.21. The van der Waals surface area contributed by atoms with E-state index in [4.69, 9.17) is 0 Å². The topological polar surface area (TPSA) is 28.0 Å². The Hall–Kier alpha value is -2.16. The average molecular weight is 267 g/mol. The maximum absolute atomic E-state index is 4.26. The number of hydrogen-bond acceptors (Lipinski definition) is 3. The van der Waals surface area contributed by atoms with E-state index in [0.717, 1.165) is 17.1 Å². The van der Waals surface area contributed by atoms with Gasteiger partial charge in [0.2, 0.25) is 0 Å². The number of hydrogen-bond donors (Lipinski definition) is 0. The predicted octanol–water partition coefficient (Wildman–Crippen LogP) is 5.29. The lowest BCUT2D eigenvalue weighted by Crippen LogP contribution is -2.07. The molecule has 0 amide bonds. The van der Waals surface area contributed by atoms with E-state index in [2.05, 4.69) is 41.1 Å². The van der Waals surface area contributed by atoms with Crippen molar-refractivity contribution in [3.8, 4) is 0 Å². The molecule has 0 heterocycles. The second-order valence-electron chi connectivity index (χ2n) is 5.36. The molecule has 2 aromatic carbocycles. The van der Waals surface area contributed by atoms with Crippen LogP contribution in [0.4, 0.5) is 17.1 Å².